The summed E-state index contributed by atoms with van der Waals surface area (Å²) in [5.41, 5.74) is 0. The normalized spacial score (nSPS) is 25.2. The summed E-state index contributed by atoms with van der Waals surface area (Å²) in [6.07, 6.45) is 4.30. The predicted octanol–water partition coefficient (Wildman–Crippen LogP) is 2.56. The van der Waals surface area contributed by atoms with Gasteiger partial charge in [0.15, 0.2) is 0 Å². The van der Waals surface area contributed by atoms with Gasteiger partial charge in [-0.05, 0) is 50.6 Å². The van der Waals surface area contributed by atoms with Crippen molar-refractivity contribution in [3.05, 3.63) is 0 Å². The van der Waals surface area contributed by atoms with Gasteiger partial charge >= 0.3 is 0 Å². The van der Waals surface area contributed by atoms with Gasteiger partial charge in [0, 0.05) is 12.5 Å². The maximum absolute atomic E-state index is 12.0. The fraction of sp³-hybridized carbons (Fsp3) is 0.933. The molecule has 4 unspecified atom stereocenters. The van der Waals surface area contributed by atoms with Crippen molar-refractivity contribution in [3.63, 3.8) is 0 Å². The number of amides is 1. The van der Waals surface area contributed by atoms with Gasteiger partial charge in [-0.2, -0.15) is 0 Å². The van der Waals surface area contributed by atoms with Crippen molar-refractivity contribution in [1.29, 1.82) is 0 Å². The molecule has 0 aromatic heterocycles. The molecule has 0 spiro atoms. The summed E-state index contributed by atoms with van der Waals surface area (Å²) >= 11 is 0. The van der Waals surface area contributed by atoms with E-state index in [9.17, 15) is 4.79 Å². The molecule has 1 rings (SSSR count). The summed E-state index contributed by atoms with van der Waals surface area (Å²) < 4.78 is 0. The van der Waals surface area contributed by atoms with E-state index in [0.717, 1.165) is 19.5 Å². The second kappa shape index (κ2) is 7.78. The predicted molar refractivity (Wildman–Crippen MR) is 76.4 cm³/mol. The maximum atomic E-state index is 12.0. The highest BCUT2D eigenvalue weighted by atomic mass is 16.1. The fourth-order valence-electron chi connectivity index (χ4n) is 2.63. The van der Waals surface area contributed by atoms with Crippen LogP contribution in [0.25, 0.3) is 0 Å². The van der Waals surface area contributed by atoms with E-state index in [1.54, 1.807) is 0 Å². The van der Waals surface area contributed by atoms with Crippen molar-refractivity contribution in [2.45, 2.75) is 59.4 Å². The smallest absolute Gasteiger partial charge is 0.220 e. The number of hydrogen-bond acceptors (Lipinski definition) is 2. The third-order valence-electron chi connectivity index (χ3n) is 4.53. The van der Waals surface area contributed by atoms with E-state index in [1.807, 2.05) is 0 Å². The third kappa shape index (κ3) is 4.97. The molecule has 1 heterocycles. The van der Waals surface area contributed by atoms with Crippen molar-refractivity contribution < 1.29 is 4.79 Å². The zero-order valence-electron chi connectivity index (χ0n) is 12.5. The van der Waals surface area contributed by atoms with Crippen molar-refractivity contribution in [2.24, 2.45) is 17.8 Å². The summed E-state index contributed by atoms with van der Waals surface area (Å²) in [7, 11) is 0. The second-order valence-electron chi connectivity index (χ2n) is 6.03. The number of piperidine rings is 1. The summed E-state index contributed by atoms with van der Waals surface area (Å²) in [6.45, 7) is 10.9. The molecule has 1 amide bonds. The minimum atomic E-state index is 0.223. The fourth-order valence-corrected chi connectivity index (χ4v) is 2.63. The Balaban J connectivity index is 2.30. The van der Waals surface area contributed by atoms with Gasteiger partial charge < -0.3 is 10.6 Å². The van der Waals surface area contributed by atoms with E-state index in [2.05, 4.69) is 38.3 Å². The molecule has 1 saturated heterocycles. The Bertz CT molecular complexity index is 249. The molecule has 1 aliphatic heterocycles. The minimum absolute atomic E-state index is 0.223. The molecule has 106 valence electrons. The molecule has 0 saturated carbocycles. The Hall–Kier alpha value is -0.570. The van der Waals surface area contributed by atoms with Gasteiger partial charge in [-0.25, -0.2) is 0 Å². The number of hydrogen-bond donors (Lipinski definition) is 2. The van der Waals surface area contributed by atoms with Gasteiger partial charge in [-0.1, -0.05) is 27.2 Å². The van der Waals surface area contributed by atoms with Crippen LogP contribution in [0.5, 0.6) is 0 Å². The highest BCUT2D eigenvalue weighted by molar-refractivity contribution is 5.76. The van der Waals surface area contributed by atoms with E-state index >= 15 is 0 Å². The maximum Gasteiger partial charge on any atom is 0.220 e. The first-order valence-corrected chi connectivity index (χ1v) is 7.54. The SMILES string of the molecule is CCC(C)C(C)NC(=O)CC(C)C1CCCNC1. The van der Waals surface area contributed by atoms with Crippen LogP contribution in [0.2, 0.25) is 0 Å². The highest BCUT2D eigenvalue weighted by Crippen LogP contribution is 2.22. The van der Waals surface area contributed by atoms with Crippen molar-refractivity contribution in [2.75, 3.05) is 13.1 Å². The van der Waals surface area contributed by atoms with Gasteiger partial charge in [0.05, 0.1) is 0 Å². The molecule has 0 aliphatic carbocycles. The van der Waals surface area contributed by atoms with Crippen LogP contribution in [-0.2, 0) is 4.79 Å². The van der Waals surface area contributed by atoms with E-state index < -0.39 is 0 Å². The summed E-state index contributed by atoms with van der Waals surface area (Å²) in [4.78, 5) is 12.0. The first kappa shape index (κ1) is 15.5. The first-order valence-electron chi connectivity index (χ1n) is 7.54. The molecular formula is C15H30N2O. The van der Waals surface area contributed by atoms with Gasteiger partial charge in [0.25, 0.3) is 0 Å². The highest BCUT2D eigenvalue weighted by Gasteiger charge is 2.23. The topological polar surface area (TPSA) is 41.1 Å². The zero-order valence-corrected chi connectivity index (χ0v) is 12.5. The monoisotopic (exact) mass is 254 g/mol. The lowest BCUT2D eigenvalue weighted by Gasteiger charge is -2.28. The van der Waals surface area contributed by atoms with E-state index in [1.165, 1.54) is 12.8 Å². The molecule has 1 fully saturated rings. The molecule has 0 radical (unpaired) electrons. The van der Waals surface area contributed by atoms with Crippen molar-refractivity contribution in [3.8, 4) is 0 Å². The lowest BCUT2D eigenvalue weighted by Crippen LogP contribution is -2.39. The molecule has 2 N–H and O–H groups in total. The van der Waals surface area contributed by atoms with Crippen LogP contribution in [0.15, 0.2) is 0 Å². The number of nitrogens with one attached hydrogen (secondary N) is 2. The minimum Gasteiger partial charge on any atom is -0.353 e. The van der Waals surface area contributed by atoms with Crippen molar-refractivity contribution >= 4 is 5.91 Å². The van der Waals surface area contributed by atoms with E-state index in [0.29, 0.717) is 30.2 Å². The second-order valence-corrected chi connectivity index (χ2v) is 6.03. The lowest BCUT2D eigenvalue weighted by atomic mass is 9.85. The quantitative estimate of drug-likeness (QED) is 0.765. The Morgan fingerprint density at radius 1 is 1.39 bits per heavy atom. The average Bonchev–Trinajstić information content (AvgIpc) is 2.38. The van der Waals surface area contributed by atoms with Crippen LogP contribution < -0.4 is 10.6 Å². The number of rotatable bonds is 6. The molecule has 3 nitrogen and oxygen atoms in total. The van der Waals surface area contributed by atoms with Gasteiger partial charge in [0.1, 0.15) is 0 Å². The van der Waals surface area contributed by atoms with Crippen LogP contribution in [-0.4, -0.2) is 25.0 Å². The Labute approximate surface area is 112 Å². The summed E-state index contributed by atoms with van der Waals surface area (Å²) in [5.74, 6) is 1.94. The lowest BCUT2D eigenvalue weighted by molar-refractivity contribution is -0.123. The van der Waals surface area contributed by atoms with Crippen LogP contribution in [0.4, 0.5) is 0 Å². The standard InChI is InChI=1S/C15H30N2O/c1-5-11(2)13(4)17-15(18)9-12(3)14-7-6-8-16-10-14/h11-14,16H,5-10H2,1-4H3,(H,17,18). The molecule has 4 atom stereocenters. The van der Waals surface area contributed by atoms with Crippen LogP contribution in [0.3, 0.4) is 0 Å². The number of carbonyl (C=O) groups excluding carboxylic acids is 1. The average molecular weight is 254 g/mol. The Kier molecular flexibility index (Phi) is 6.69. The molecule has 18 heavy (non-hydrogen) atoms. The molecule has 0 aromatic carbocycles. The largest absolute Gasteiger partial charge is 0.353 e. The van der Waals surface area contributed by atoms with Crippen LogP contribution in [0.1, 0.15) is 53.4 Å². The van der Waals surface area contributed by atoms with Crippen molar-refractivity contribution in [1.82, 2.24) is 10.6 Å². The summed E-state index contributed by atoms with van der Waals surface area (Å²) in [6, 6.07) is 0.291. The molecular weight excluding hydrogens is 224 g/mol. The van der Waals surface area contributed by atoms with Crippen LogP contribution >= 0.6 is 0 Å². The first-order chi connectivity index (χ1) is 8.54. The third-order valence-corrected chi connectivity index (χ3v) is 4.53. The molecule has 0 aromatic rings. The van der Waals surface area contributed by atoms with Gasteiger partial charge in [-0.15, -0.1) is 0 Å². The van der Waals surface area contributed by atoms with E-state index in [-0.39, 0.29) is 5.91 Å². The molecule has 0 bridgehead atoms. The van der Waals surface area contributed by atoms with E-state index in [4.69, 9.17) is 0 Å². The zero-order chi connectivity index (χ0) is 13.5. The van der Waals surface area contributed by atoms with Gasteiger partial charge in [-0.3, -0.25) is 4.79 Å². The molecule has 3 heteroatoms. The Morgan fingerprint density at radius 3 is 2.67 bits per heavy atom. The number of carbonyl (C=O) groups is 1. The van der Waals surface area contributed by atoms with Gasteiger partial charge in [0.2, 0.25) is 5.91 Å². The van der Waals surface area contributed by atoms with Crippen LogP contribution in [0, 0.1) is 17.8 Å². The summed E-state index contributed by atoms with van der Waals surface area (Å²) in [5, 5.41) is 6.57. The molecule has 1 aliphatic rings. The Morgan fingerprint density at radius 2 is 2.11 bits per heavy atom.